The van der Waals surface area contributed by atoms with E-state index in [-0.39, 0.29) is 48.3 Å². The maximum Gasteiger partial charge on any atom is 0.355 e. The van der Waals surface area contributed by atoms with Crippen molar-refractivity contribution in [2.24, 2.45) is 0 Å². The second-order valence-corrected chi connectivity index (χ2v) is 20.9. The predicted molar refractivity (Wildman–Crippen MR) is 203 cm³/mol. The average Bonchev–Trinajstić information content (AvgIpc) is 3.74. The summed E-state index contributed by atoms with van der Waals surface area (Å²) in [6.45, 7) is 7.45. The van der Waals surface area contributed by atoms with Gasteiger partial charge >= 0.3 is 11.7 Å². The molecule has 0 fully saturated rings. The van der Waals surface area contributed by atoms with Crippen molar-refractivity contribution in [1.82, 2.24) is 19.6 Å². The van der Waals surface area contributed by atoms with Crippen LogP contribution in [0.5, 0.6) is 5.75 Å². The van der Waals surface area contributed by atoms with Gasteiger partial charge in [-0.1, -0.05) is 50.0 Å². The summed E-state index contributed by atoms with van der Waals surface area (Å²) in [6.07, 6.45) is 2.03. The van der Waals surface area contributed by atoms with Gasteiger partial charge in [0.25, 0.3) is 10.0 Å². The molecule has 0 saturated carbocycles. The molecule has 55 heavy (non-hydrogen) atoms. The minimum Gasteiger partial charge on any atom is -0.491 e. The van der Waals surface area contributed by atoms with Crippen LogP contribution >= 0.6 is 0 Å². The van der Waals surface area contributed by atoms with Crippen molar-refractivity contribution in [3.05, 3.63) is 107 Å². The molecule has 0 aliphatic heterocycles. The fraction of sp³-hybridized carbons (Fsp3) is 0.297. The molecule has 0 amide bonds. The number of nitrogens with one attached hydrogen (secondary N) is 2. The first-order valence-corrected chi connectivity index (χ1v) is 22.3. The molecule has 0 bridgehead atoms. The van der Waals surface area contributed by atoms with Crippen molar-refractivity contribution < 1.29 is 40.6 Å². The van der Waals surface area contributed by atoms with Crippen LogP contribution in [0.3, 0.4) is 0 Å². The number of carbonyl (C=O) groups is 1. The van der Waals surface area contributed by atoms with Crippen LogP contribution in [0.25, 0.3) is 11.3 Å². The fourth-order valence-electron chi connectivity index (χ4n) is 5.21. The molecule has 290 valence electrons. The SMILES string of the molecule is COC(=O)c1ccc(Cn2ccc(Nc3c(C#N)c(-c4ccc(NS(=O)(=O)C(F)F)c(OCCc5ccc(F)cc5)c4)nn3COCC[Si](C)(C)C)n2)cc1. The summed E-state index contributed by atoms with van der Waals surface area (Å²) in [5, 5.41) is 22.9. The summed E-state index contributed by atoms with van der Waals surface area (Å²) >= 11 is 0. The van der Waals surface area contributed by atoms with Gasteiger partial charge in [-0.15, -0.1) is 0 Å². The molecule has 2 aromatic heterocycles. The van der Waals surface area contributed by atoms with E-state index in [0.717, 1.165) is 17.2 Å². The van der Waals surface area contributed by atoms with Gasteiger partial charge in [-0.3, -0.25) is 9.40 Å². The smallest absolute Gasteiger partial charge is 0.355 e. The van der Waals surface area contributed by atoms with Crippen LogP contribution in [0.1, 0.15) is 27.0 Å². The first-order chi connectivity index (χ1) is 26.2. The Morgan fingerprint density at radius 1 is 0.982 bits per heavy atom. The fourth-order valence-corrected chi connectivity index (χ4v) is 6.53. The van der Waals surface area contributed by atoms with Crippen molar-refractivity contribution in [3.63, 3.8) is 0 Å². The van der Waals surface area contributed by atoms with Gasteiger partial charge in [0.15, 0.2) is 11.6 Å². The molecule has 2 N–H and O–H groups in total. The molecule has 0 aliphatic rings. The lowest BCUT2D eigenvalue weighted by atomic mass is 10.1. The van der Waals surface area contributed by atoms with Gasteiger partial charge in [0, 0.05) is 38.9 Å². The Morgan fingerprint density at radius 2 is 1.69 bits per heavy atom. The number of aromatic nitrogens is 4. The summed E-state index contributed by atoms with van der Waals surface area (Å²) < 4.78 is 86.1. The monoisotopic (exact) mass is 795 g/mol. The Labute approximate surface area is 317 Å². The minimum absolute atomic E-state index is 0.0200. The van der Waals surface area contributed by atoms with E-state index in [1.807, 2.05) is 4.72 Å². The van der Waals surface area contributed by atoms with Gasteiger partial charge in [0.1, 0.15) is 35.6 Å². The summed E-state index contributed by atoms with van der Waals surface area (Å²) in [5.74, 6) is -4.00. The number of esters is 1. The van der Waals surface area contributed by atoms with Gasteiger partial charge in [0.05, 0.1) is 31.5 Å². The summed E-state index contributed by atoms with van der Waals surface area (Å²) in [5.41, 5.74) is 2.36. The molecule has 18 heteroatoms. The molecule has 0 atom stereocenters. The van der Waals surface area contributed by atoms with Crippen molar-refractivity contribution >= 4 is 41.4 Å². The van der Waals surface area contributed by atoms with E-state index in [0.29, 0.717) is 30.1 Å². The lowest BCUT2D eigenvalue weighted by Crippen LogP contribution is -2.22. The lowest BCUT2D eigenvalue weighted by molar-refractivity contribution is 0.0600. The molecule has 0 saturated heterocycles. The van der Waals surface area contributed by atoms with Crippen LogP contribution in [-0.2, 0) is 39.2 Å². The minimum atomic E-state index is -5.06. The van der Waals surface area contributed by atoms with Crippen molar-refractivity contribution in [3.8, 4) is 23.1 Å². The molecule has 0 radical (unpaired) electrons. The van der Waals surface area contributed by atoms with Crippen molar-refractivity contribution in [2.75, 3.05) is 30.4 Å². The van der Waals surface area contributed by atoms with E-state index in [1.165, 1.54) is 42.1 Å². The molecule has 5 rings (SSSR count). The number of benzene rings is 3. The number of nitriles is 1. The van der Waals surface area contributed by atoms with Gasteiger partial charge in [-0.2, -0.15) is 24.2 Å². The number of nitrogens with zero attached hydrogens (tertiary/aromatic N) is 5. The number of anilines is 3. The van der Waals surface area contributed by atoms with E-state index < -0.39 is 35.6 Å². The largest absolute Gasteiger partial charge is 0.491 e. The molecular formula is C37H40F3N7O6SSi. The normalized spacial score (nSPS) is 11.7. The van der Waals surface area contributed by atoms with Crippen LogP contribution in [0.15, 0.2) is 79.0 Å². The van der Waals surface area contributed by atoms with Gasteiger partial charge in [-0.25, -0.2) is 22.3 Å². The van der Waals surface area contributed by atoms with E-state index in [2.05, 4.69) is 36.1 Å². The number of hydrogen-bond donors (Lipinski definition) is 2. The third kappa shape index (κ3) is 11.0. The van der Waals surface area contributed by atoms with E-state index in [4.69, 9.17) is 19.3 Å². The second-order valence-electron chi connectivity index (χ2n) is 13.6. The van der Waals surface area contributed by atoms with E-state index >= 15 is 0 Å². The second kappa shape index (κ2) is 17.7. The van der Waals surface area contributed by atoms with Crippen LogP contribution < -0.4 is 14.8 Å². The van der Waals surface area contributed by atoms with Crippen LogP contribution in [0.4, 0.5) is 30.5 Å². The molecule has 3 aromatic carbocycles. The maximum atomic E-state index is 13.4. The third-order valence-corrected chi connectivity index (χ3v) is 10.9. The number of ether oxygens (including phenoxy) is 3. The van der Waals surface area contributed by atoms with Crippen molar-refractivity contribution in [2.45, 2.75) is 51.1 Å². The Kier molecular flexibility index (Phi) is 13.0. The molecule has 0 spiro atoms. The standard InChI is InChI=1S/C37H40F3N7O6SSi/c1-51-36(48)27-9-5-26(6-10-27)23-46-17-15-33(43-46)42-35-30(22-41)34(44-47(35)24-52-19-20-55(2,3)4)28-11-14-31(45-54(49,50)37(39)40)32(21-28)53-18-16-25-7-12-29(38)13-8-25/h5-15,17,21,37,45H,16,18-20,23-24H2,1-4H3,(H,42,43). The summed E-state index contributed by atoms with van der Waals surface area (Å²) in [4.78, 5) is 11.8. The molecule has 0 unspecified atom stereocenters. The number of alkyl halides is 2. The zero-order chi connectivity index (χ0) is 39.8. The summed E-state index contributed by atoms with van der Waals surface area (Å²) in [6, 6.07) is 21.5. The zero-order valence-corrected chi connectivity index (χ0v) is 32.4. The topological polar surface area (TPSA) is 162 Å². The first-order valence-electron chi connectivity index (χ1n) is 17.0. The molecule has 13 nitrogen and oxygen atoms in total. The van der Waals surface area contributed by atoms with Crippen LogP contribution in [0, 0.1) is 17.1 Å². The zero-order valence-electron chi connectivity index (χ0n) is 30.6. The number of sulfonamides is 1. The third-order valence-electron chi connectivity index (χ3n) is 8.18. The van der Waals surface area contributed by atoms with E-state index in [1.54, 1.807) is 53.3 Å². The number of methoxy groups -OCH3 is 1. The summed E-state index contributed by atoms with van der Waals surface area (Å²) in [7, 11) is -5.18. The Bertz CT molecular complexity index is 2250. The predicted octanol–water partition coefficient (Wildman–Crippen LogP) is 7.23. The van der Waals surface area contributed by atoms with Gasteiger partial charge in [-0.05, 0) is 53.6 Å². The number of rotatable bonds is 18. The highest BCUT2D eigenvalue weighted by atomic mass is 32.2. The number of hydrogen-bond acceptors (Lipinski definition) is 10. The van der Waals surface area contributed by atoms with E-state index in [9.17, 15) is 31.6 Å². The number of carbonyl (C=O) groups excluding carboxylic acids is 1. The quantitative estimate of drug-likeness (QED) is 0.0526. The average molecular weight is 796 g/mol. The number of halogens is 3. The lowest BCUT2D eigenvalue weighted by Gasteiger charge is -2.16. The van der Waals surface area contributed by atoms with Crippen LogP contribution in [-0.4, -0.2) is 68.1 Å². The van der Waals surface area contributed by atoms with Gasteiger partial charge < -0.3 is 19.5 Å². The van der Waals surface area contributed by atoms with Crippen molar-refractivity contribution in [1.29, 1.82) is 5.26 Å². The molecule has 5 aromatic rings. The Hall–Kier alpha value is -5.64. The maximum absolute atomic E-state index is 13.4. The first kappa shape index (κ1) is 40.5. The highest BCUT2D eigenvalue weighted by Gasteiger charge is 2.27. The van der Waals surface area contributed by atoms with Gasteiger partial charge in [0.2, 0.25) is 0 Å². The Balaban J connectivity index is 1.46. The molecule has 2 heterocycles. The highest BCUT2D eigenvalue weighted by Crippen LogP contribution is 2.36. The molecule has 0 aliphatic carbocycles. The highest BCUT2D eigenvalue weighted by molar-refractivity contribution is 7.93. The Morgan fingerprint density at radius 3 is 2.35 bits per heavy atom. The molecular weight excluding hydrogens is 756 g/mol. The van der Waals surface area contributed by atoms with Crippen LogP contribution in [0.2, 0.25) is 25.7 Å².